The molecular weight excluding hydrogens is 271 g/mol. The van der Waals surface area contributed by atoms with Crippen molar-refractivity contribution in [3.05, 3.63) is 29.6 Å². The van der Waals surface area contributed by atoms with Crippen LogP contribution in [-0.2, 0) is 16.0 Å². The Bertz CT molecular complexity index is 410. The number of benzene rings is 1. The Morgan fingerprint density at radius 1 is 1.32 bits per heavy atom. The molecule has 0 saturated carbocycles. The van der Waals surface area contributed by atoms with E-state index in [4.69, 9.17) is 21.1 Å². The standard InChI is InChI=1S/C14H18ClFO3/c1-2-3-6-18-7-8-19-13-10-12(16)5-4-11(13)9-14(15)17/h4-5,10H,2-3,6-9H2,1H3. The average molecular weight is 289 g/mol. The maximum Gasteiger partial charge on any atom is 0.226 e. The van der Waals surface area contributed by atoms with Gasteiger partial charge in [0.2, 0.25) is 5.24 Å². The summed E-state index contributed by atoms with van der Waals surface area (Å²) in [6, 6.07) is 4.03. The molecule has 0 atom stereocenters. The van der Waals surface area contributed by atoms with E-state index in [0.29, 0.717) is 31.1 Å². The van der Waals surface area contributed by atoms with Crippen LogP contribution in [0.1, 0.15) is 25.3 Å². The number of halogens is 2. The van der Waals surface area contributed by atoms with Crippen LogP contribution in [0, 0.1) is 5.82 Å². The van der Waals surface area contributed by atoms with Gasteiger partial charge in [-0.15, -0.1) is 0 Å². The molecule has 0 unspecified atom stereocenters. The van der Waals surface area contributed by atoms with Crippen LogP contribution >= 0.6 is 11.6 Å². The first-order valence-corrected chi connectivity index (χ1v) is 6.68. The molecule has 0 aliphatic heterocycles. The van der Waals surface area contributed by atoms with E-state index in [1.807, 2.05) is 0 Å². The van der Waals surface area contributed by atoms with Gasteiger partial charge in [0.05, 0.1) is 13.0 Å². The molecule has 0 saturated heterocycles. The van der Waals surface area contributed by atoms with Crippen molar-refractivity contribution in [2.75, 3.05) is 19.8 Å². The zero-order valence-electron chi connectivity index (χ0n) is 11.0. The largest absolute Gasteiger partial charge is 0.491 e. The van der Waals surface area contributed by atoms with Crippen LogP contribution in [0.15, 0.2) is 18.2 Å². The van der Waals surface area contributed by atoms with Crippen molar-refractivity contribution in [1.82, 2.24) is 0 Å². The summed E-state index contributed by atoms with van der Waals surface area (Å²) in [6.45, 7) is 3.53. The van der Waals surface area contributed by atoms with Crippen LogP contribution in [0.25, 0.3) is 0 Å². The van der Waals surface area contributed by atoms with Gasteiger partial charge in [-0.2, -0.15) is 0 Å². The highest BCUT2D eigenvalue weighted by Crippen LogP contribution is 2.21. The van der Waals surface area contributed by atoms with Gasteiger partial charge >= 0.3 is 0 Å². The van der Waals surface area contributed by atoms with Gasteiger partial charge in [0, 0.05) is 18.2 Å². The highest BCUT2D eigenvalue weighted by atomic mass is 35.5. The van der Waals surface area contributed by atoms with Crippen molar-refractivity contribution < 1.29 is 18.7 Å². The quantitative estimate of drug-likeness (QED) is 0.516. The zero-order chi connectivity index (χ0) is 14.1. The Morgan fingerprint density at radius 3 is 2.79 bits per heavy atom. The number of hydrogen-bond acceptors (Lipinski definition) is 3. The van der Waals surface area contributed by atoms with E-state index < -0.39 is 11.1 Å². The Labute approximate surface area is 117 Å². The first-order valence-electron chi connectivity index (χ1n) is 6.30. The Morgan fingerprint density at radius 2 is 2.11 bits per heavy atom. The smallest absolute Gasteiger partial charge is 0.226 e. The molecule has 0 fully saturated rings. The minimum absolute atomic E-state index is 0.0217. The van der Waals surface area contributed by atoms with Gasteiger partial charge in [0.15, 0.2) is 0 Å². The lowest BCUT2D eigenvalue weighted by Gasteiger charge is -2.11. The van der Waals surface area contributed by atoms with Gasteiger partial charge in [0.25, 0.3) is 0 Å². The molecule has 19 heavy (non-hydrogen) atoms. The van der Waals surface area contributed by atoms with E-state index in [1.54, 1.807) is 0 Å². The topological polar surface area (TPSA) is 35.5 Å². The van der Waals surface area contributed by atoms with E-state index in [2.05, 4.69) is 6.92 Å². The minimum Gasteiger partial charge on any atom is -0.491 e. The van der Waals surface area contributed by atoms with Gasteiger partial charge in [-0.25, -0.2) is 4.39 Å². The molecule has 5 heteroatoms. The third-order valence-electron chi connectivity index (χ3n) is 2.49. The molecule has 0 bridgehead atoms. The van der Waals surface area contributed by atoms with Crippen molar-refractivity contribution in [2.24, 2.45) is 0 Å². The van der Waals surface area contributed by atoms with Crippen molar-refractivity contribution in [1.29, 1.82) is 0 Å². The van der Waals surface area contributed by atoms with Gasteiger partial charge < -0.3 is 9.47 Å². The molecule has 0 aliphatic rings. The van der Waals surface area contributed by atoms with Crippen LogP contribution in [0.3, 0.4) is 0 Å². The Kier molecular flexibility index (Phi) is 7.45. The second-order valence-corrected chi connectivity index (χ2v) is 4.52. The van der Waals surface area contributed by atoms with E-state index in [0.717, 1.165) is 12.8 Å². The molecule has 1 rings (SSSR count). The molecule has 0 aliphatic carbocycles. The summed E-state index contributed by atoms with van der Waals surface area (Å²) >= 11 is 5.33. The van der Waals surface area contributed by atoms with Crippen molar-refractivity contribution in [3.63, 3.8) is 0 Å². The van der Waals surface area contributed by atoms with Crippen LogP contribution in [0.2, 0.25) is 0 Å². The van der Waals surface area contributed by atoms with Crippen LogP contribution in [0.4, 0.5) is 4.39 Å². The summed E-state index contributed by atoms with van der Waals surface area (Å²) in [5.41, 5.74) is 0.579. The summed E-state index contributed by atoms with van der Waals surface area (Å²) in [5, 5.41) is -0.504. The molecule has 0 radical (unpaired) electrons. The predicted molar refractivity (Wildman–Crippen MR) is 72.2 cm³/mol. The summed E-state index contributed by atoms with van der Waals surface area (Å²) in [6.07, 6.45) is 2.10. The third-order valence-corrected chi connectivity index (χ3v) is 2.62. The molecule has 0 spiro atoms. The first kappa shape index (κ1) is 15.9. The summed E-state index contributed by atoms with van der Waals surface area (Å²) < 4.78 is 23.9. The van der Waals surface area contributed by atoms with Crippen molar-refractivity contribution >= 4 is 16.8 Å². The molecular formula is C14H18ClFO3. The predicted octanol–water partition coefficient (Wildman–Crippen LogP) is 3.33. The number of unbranched alkanes of at least 4 members (excludes halogenated alkanes) is 1. The Balaban J connectivity index is 2.46. The Hall–Kier alpha value is -1.13. The molecule has 3 nitrogen and oxygen atoms in total. The fourth-order valence-electron chi connectivity index (χ4n) is 1.52. The van der Waals surface area contributed by atoms with Crippen LogP contribution < -0.4 is 4.74 Å². The summed E-state index contributed by atoms with van der Waals surface area (Å²) in [7, 11) is 0. The first-order chi connectivity index (χ1) is 9.13. The SMILES string of the molecule is CCCCOCCOc1cc(F)ccc1CC(=O)Cl. The fraction of sp³-hybridized carbons (Fsp3) is 0.500. The highest BCUT2D eigenvalue weighted by Gasteiger charge is 2.08. The molecule has 1 aromatic rings. The lowest BCUT2D eigenvalue weighted by Crippen LogP contribution is -2.09. The van der Waals surface area contributed by atoms with Gasteiger partial charge in [-0.1, -0.05) is 19.4 Å². The lowest BCUT2D eigenvalue weighted by molar-refractivity contribution is -0.111. The van der Waals surface area contributed by atoms with E-state index >= 15 is 0 Å². The number of ether oxygens (including phenoxy) is 2. The molecule has 0 aromatic heterocycles. The number of carbonyl (C=O) groups excluding carboxylic acids is 1. The minimum atomic E-state index is -0.504. The number of hydrogen-bond donors (Lipinski definition) is 0. The molecule has 0 amide bonds. The number of carbonyl (C=O) groups is 1. The monoisotopic (exact) mass is 288 g/mol. The average Bonchev–Trinajstić information content (AvgIpc) is 2.36. The molecule has 106 valence electrons. The molecule has 1 aromatic carbocycles. The summed E-state index contributed by atoms with van der Waals surface area (Å²) in [5.74, 6) is -0.0687. The maximum atomic E-state index is 13.1. The molecule has 0 heterocycles. The van der Waals surface area contributed by atoms with Gasteiger partial charge in [-0.3, -0.25) is 4.79 Å². The van der Waals surface area contributed by atoms with Crippen LogP contribution in [0.5, 0.6) is 5.75 Å². The number of rotatable bonds is 9. The third kappa shape index (κ3) is 6.55. The second-order valence-electron chi connectivity index (χ2n) is 4.10. The van der Waals surface area contributed by atoms with Crippen LogP contribution in [-0.4, -0.2) is 25.1 Å². The summed E-state index contributed by atoms with van der Waals surface area (Å²) in [4.78, 5) is 10.9. The zero-order valence-corrected chi connectivity index (χ0v) is 11.7. The normalized spacial score (nSPS) is 10.5. The van der Waals surface area contributed by atoms with Crippen molar-refractivity contribution in [2.45, 2.75) is 26.2 Å². The van der Waals surface area contributed by atoms with E-state index in [9.17, 15) is 9.18 Å². The fourth-order valence-corrected chi connectivity index (χ4v) is 1.66. The second kappa shape index (κ2) is 8.88. The lowest BCUT2D eigenvalue weighted by atomic mass is 10.1. The maximum absolute atomic E-state index is 13.1. The molecule has 0 N–H and O–H groups in total. The van der Waals surface area contributed by atoms with E-state index in [-0.39, 0.29) is 6.42 Å². The van der Waals surface area contributed by atoms with Crippen molar-refractivity contribution in [3.8, 4) is 5.75 Å². The van der Waals surface area contributed by atoms with E-state index in [1.165, 1.54) is 18.2 Å². The van der Waals surface area contributed by atoms with Gasteiger partial charge in [0.1, 0.15) is 18.2 Å². The highest BCUT2D eigenvalue weighted by molar-refractivity contribution is 6.63. The van der Waals surface area contributed by atoms with Gasteiger partial charge in [-0.05, 0) is 24.1 Å².